The van der Waals surface area contributed by atoms with E-state index < -0.39 is 0 Å². The van der Waals surface area contributed by atoms with Crippen LogP contribution in [0.1, 0.15) is 18.9 Å². The molecule has 6 heteroatoms. The number of nitrogens with zero attached hydrogens (tertiary/aromatic N) is 3. The number of anilines is 2. The molecule has 0 bridgehead atoms. The highest BCUT2D eigenvalue weighted by molar-refractivity contribution is 6.30. The summed E-state index contributed by atoms with van der Waals surface area (Å²) in [6, 6.07) is 15.9. The summed E-state index contributed by atoms with van der Waals surface area (Å²) in [5.74, 6) is -0.131. The highest BCUT2D eigenvalue weighted by atomic mass is 35.5. The molecule has 0 unspecified atom stereocenters. The molecule has 2 saturated heterocycles. The van der Waals surface area contributed by atoms with Gasteiger partial charge in [0, 0.05) is 55.5 Å². The van der Waals surface area contributed by atoms with Crippen LogP contribution in [-0.4, -0.2) is 49.4 Å². The van der Waals surface area contributed by atoms with Crippen LogP contribution in [0, 0.1) is 5.92 Å². The number of amides is 2. The average Bonchev–Trinajstić information content (AvgIpc) is 3.15. The first-order chi connectivity index (χ1) is 14.0. The molecule has 2 aliphatic rings. The molecule has 5 nitrogen and oxygen atoms in total. The number of carbonyl (C=O) groups is 2. The molecule has 2 aromatic rings. The van der Waals surface area contributed by atoms with E-state index in [-0.39, 0.29) is 17.7 Å². The number of carbonyl (C=O) groups excluding carboxylic acids is 2. The van der Waals surface area contributed by atoms with Crippen molar-refractivity contribution in [3.63, 3.8) is 0 Å². The van der Waals surface area contributed by atoms with E-state index in [9.17, 15) is 9.59 Å². The summed E-state index contributed by atoms with van der Waals surface area (Å²) in [4.78, 5) is 31.5. The molecule has 0 radical (unpaired) electrons. The van der Waals surface area contributed by atoms with Crippen molar-refractivity contribution in [2.45, 2.75) is 19.8 Å². The van der Waals surface area contributed by atoms with Gasteiger partial charge in [-0.05, 0) is 42.3 Å². The van der Waals surface area contributed by atoms with Crippen LogP contribution in [0.5, 0.6) is 0 Å². The normalized spacial score (nSPS) is 19.7. The summed E-state index contributed by atoms with van der Waals surface area (Å²) in [5, 5.41) is 0.720. The summed E-state index contributed by atoms with van der Waals surface area (Å²) in [5.41, 5.74) is 3.21. The van der Waals surface area contributed by atoms with E-state index in [0.29, 0.717) is 26.1 Å². The number of piperazine rings is 1. The smallest absolute Gasteiger partial charge is 0.228 e. The number of rotatable bonds is 4. The molecular formula is C23H26ClN3O2. The molecule has 0 N–H and O–H groups in total. The van der Waals surface area contributed by atoms with E-state index in [2.05, 4.69) is 11.8 Å². The predicted octanol–water partition coefficient (Wildman–Crippen LogP) is 3.60. The second-order valence-electron chi connectivity index (χ2n) is 7.72. The van der Waals surface area contributed by atoms with Gasteiger partial charge in [0.05, 0.1) is 5.92 Å². The summed E-state index contributed by atoms with van der Waals surface area (Å²) < 4.78 is 0. The molecule has 152 valence electrons. The molecule has 29 heavy (non-hydrogen) atoms. The first-order valence-electron chi connectivity index (χ1n) is 10.2. The van der Waals surface area contributed by atoms with Crippen molar-refractivity contribution in [3.8, 4) is 0 Å². The Morgan fingerprint density at radius 3 is 2.41 bits per heavy atom. The molecule has 0 aromatic heterocycles. The van der Waals surface area contributed by atoms with Gasteiger partial charge in [-0.1, -0.05) is 36.7 Å². The maximum absolute atomic E-state index is 13.0. The highest BCUT2D eigenvalue weighted by Gasteiger charge is 2.37. The highest BCUT2D eigenvalue weighted by Crippen LogP contribution is 2.28. The zero-order valence-corrected chi connectivity index (χ0v) is 17.4. The van der Waals surface area contributed by atoms with Gasteiger partial charge in [0.1, 0.15) is 0 Å². The number of aryl methyl sites for hydroxylation is 1. The molecule has 2 aromatic carbocycles. The topological polar surface area (TPSA) is 43.9 Å². The van der Waals surface area contributed by atoms with Crippen LogP contribution in [0.4, 0.5) is 11.4 Å². The summed E-state index contributed by atoms with van der Waals surface area (Å²) in [6.45, 7) is 5.46. The van der Waals surface area contributed by atoms with Gasteiger partial charge in [0.2, 0.25) is 11.8 Å². The van der Waals surface area contributed by atoms with E-state index in [0.717, 1.165) is 35.9 Å². The van der Waals surface area contributed by atoms with E-state index in [1.165, 1.54) is 5.56 Å². The maximum atomic E-state index is 13.0. The van der Waals surface area contributed by atoms with Gasteiger partial charge in [-0.3, -0.25) is 9.59 Å². The lowest BCUT2D eigenvalue weighted by Crippen LogP contribution is -2.50. The molecule has 2 amide bonds. The number of hydrogen-bond donors (Lipinski definition) is 0. The van der Waals surface area contributed by atoms with E-state index in [4.69, 9.17) is 11.6 Å². The van der Waals surface area contributed by atoms with Gasteiger partial charge in [0.25, 0.3) is 0 Å². The lowest BCUT2D eigenvalue weighted by atomic mass is 10.1. The van der Waals surface area contributed by atoms with Crippen molar-refractivity contribution < 1.29 is 9.59 Å². The van der Waals surface area contributed by atoms with Crippen molar-refractivity contribution in [2.75, 3.05) is 42.5 Å². The van der Waals surface area contributed by atoms with E-state index in [1.807, 2.05) is 53.4 Å². The lowest BCUT2D eigenvalue weighted by molar-refractivity contribution is -0.136. The molecule has 2 heterocycles. The Morgan fingerprint density at radius 1 is 1.03 bits per heavy atom. The number of hydrogen-bond acceptors (Lipinski definition) is 3. The summed E-state index contributed by atoms with van der Waals surface area (Å²) in [6.07, 6.45) is 1.26. The maximum Gasteiger partial charge on any atom is 0.228 e. The summed E-state index contributed by atoms with van der Waals surface area (Å²) in [7, 11) is 0. The van der Waals surface area contributed by atoms with E-state index in [1.54, 1.807) is 4.90 Å². The minimum Gasteiger partial charge on any atom is -0.368 e. The Labute approximate surface area is 176 Å². The third-order valence-corrected chi connectivity index (χ3v) is 6.13. The van der Waals surface area contributed by atoms with Crippen LogP contribution >= 0.6 is 11.6 Å². The van der Waals surface area contributed by atoms with Crippen molar-refractivity contribution in [2.24, 2.45) is 5.92 Å². The SMILES string of the molecule is CCc1ccc(N2C[C@@H](C(=O)N3CCN(c4cccc(Cl)c4)CC3)CC2=O)cc1. The second-order valence-corrected chi connectivity index (χ2v) is 8.15. The van der Waals surface area contributed by atoms with Crippen molar-refractivity contribution in [1.29, 1.82) is 0 Å². The van der Waals surface area contributed by atoms with Crippen LogP contribution in [0.25, 0.3) is 0 Å². The fourth-order valence-electron chi connectivity index (χ4n) is 4.15. The van der Waals surface area contributed by atoms with Crippen LogP contribution < -0.4 is 9.80 Å². The Bertz CT molecular complexity index is 891. The van der Waals surface area contributed by atoms with Crippen LogP contribution in [0.3, 0.4) is 0 Å². The van der Waals surface area contributed by atoms with Crippen molar-refractivity contribution >= 4 is 34.8 Å². The first-order valence-corrected chi connectivity index (χ1v) is 10.6. The Balaban J connectivity index is 1.36. The zero-order valence-electron chi connectivity index (χ0n) is 16.7. The van der Waals surface area contributed by atoms with Crippen LogP contribution in [0.15, 0.2) is 48.5 Å². The molecule has 0 saturated carbocycles. The van der Waals surface area contributed by atoms with Gasteiger partial charge in [-0.2, -0.15) is 0 Å². The van der Waals surface area contributed by atoms with Crippen LogP contribution in [0.2, 0.25) is 5.02 Å². The number of benzene rings is 2. The van der Waals surface area contributed by atoms with Gasteiger partial charge in [-0.15, -0.1) is 0 Å². The fourth-order valence-corrected chi connectivity index (χ4v) is 4.33. The predicted molar refractivity (Wildman–Crippen MR) is 117 cm³/mol. The van der Waals surface area contributed by atoms with Crippen molar-refractivity contribution in [3.05, 3.63) is 59.1 Å². The molecule has 4 rings (SSSR count). The standard InChI is InChI=1S/C23H26ClN3O2/c1-2-17-6-8-20(9-7-17)27-16-18(14-22(27)28)23(29)26-12-10-25(11-13-26)21-5-3-4-19(24)15-21/h3-9,15,18H,2,10-14,16H2,1H3/t18-/m0/s1. The molecule has 0 aliphatic carbocycles. The monoisotopic (exact) mass is 411 g/mol. The van der Waals surface area contributed by atoms with Gasteiger partial charge in [-0.25, -0.2) is 0 Å². The minimum absolute atomic E-state index is 0.0326. The summed E-state index contributed by atoms with van der Waals surface area (Å²) >= 11 is 6.10. The minimum atomic E-state index is -0.258. The van der Waals surface area contributed by atoms with Gasteiger partial charge < -0.3 is 14.7 Å². The molecule has 1 atom stereocenters. The Kier molecular flexibility index (Phi) is 5.76. The average molecular weight is 412 g/mol. The second kappa shape index (κ2) is 8.46. The third kappa shape index (κ3) is 4.25. The third-order valence-electron chi connectivity index (χ3n) is 5.90. The largest absolute Gasteiger partial charge is 0.368 e. The van der Waals surface area contributed by atoms with Crippen molar-refractivity contribution in [1.82, 2.24) is 4.90 Å². The van der Waals surface area contributed by atoms with E-state index >= 15 is 0 Å². The Morgan fingerprint density at radius 2 is 1.76 bits per heavy atom. The zero-order chi connectivity index (χ0) is 20.4. The Hall–Kier alpha value is -2.53. The molecule has 0 spiro atoms. The molecular weight excluding hydrogens is 386 g/mol. The first kappa shape index (κ1) is 19.8. The van der Waals surface area contributed by atoms with Crippen LogP contribution in [-0.2, 0) is 16.0 Å². The van der Waals surface area contributed by atoms with Gasteiger partial charge in [0.15, 0.2) is 0 Å². The van der Waals surface area contributed by atoms with Gasteiger partial charge >= 0.3 is 0 Å². The quantitative estimate of drug-likeness (QED) is 0.772. The molecule has 2 aliphatic heterocycles. The molecule has 2 fully saturated rings. The fraction of sp³-hybridized carbons (Fsp3) is 0.391. The number of halogens is 1. The lowest BCUT2D eigenvalue weighted by Gasteiger charge is -2.37.